The van der Waals surface area contributed by atoms with Crippen molar-refractivity contribution in [1.82, 2.24) is 0 Å². The Labute approximate surface area is 102 Å². The smallest absolute Gasteiger partial charge is 0.106 e. The maximum Gasteiger partial charge on any atom is 0.106 e. The summed E-state index contributed by atoms with van der Waals surface area (Å²) in [5.41, 5.74) is 10.4. The first-order valence-corrected chi connectivity index (χ1v) is 5.69. The molecule has 0 radical (unpaired) electrons. The molecular weight excluding hydrogens is 210 g/mol. The number of aliphatic hydroxyl groups excluding tert-OH is 1. The van der Waals surface area contributed by atoms with Crippen molar-refractivity contribution in [3.63, 3.8) is 0 Å². The van der Waals surface area contributed by atoms with Crippen LogP contribution >= 0.6 is 0 Å². The molecule has 0 aliphatic carbocycles. The maximum absolute atomic E-state index is 10.4. The Hall–Kier alpha value is -1.80. The van der Waals surface area contributed by atoms with Crippen molar-refractivity contribution in [1.29, 1.82) is 0 Å². The highest BCUT2D eigenvalue weighted by Gasteiger charge is 2.14. The fourth-order valence-corrected chi connectivity index (χ4v) is 2.00. The minimum atomic E-state index is -0.656. The molecule has 17 heavy (non-hydrogen) atoms. The van der Waals surface area contributed by atoms with Gasteiger partial charge in [-0.05, 0) is 36.6 Å². The quantitative estimate of drug-likeness (QED) is 0.775. The van der Waals surface area contributed by atoms with E-state index in [0.29, 0.717) is 5.69 Å². The van der Waals surface area contributed by atoms with Gasteiger partial charge in [0, 0.05) is 11.3 Å². The summed E-state index contributed by atoms with van der Waals surface area (Å²) in [5, 5.41) is 10.4. The molecule has 0 saturated carbocycles. The van der Waals surface area contributed by atoms with E-state index in [2.05, 4.69) is 0 Å². The Morgan fingerprint density at radius 1 is 1.00 bits per heavy atom. The lowest BCUT2D eigenvalue weighted by molar-refractivity contribution is 0.220. The second kappa shape index (κ2) is 4.60. The molecule has 0 amide bonds. The summed E-state index contributed by atoms with van der Waals surface area (Å²) in [6.07, 6.45) is -0.656. The molecule has 2 rings (SSSR count). The minimum absolute atomic E-state index is 0.640. The highest BCUT2D eigenvalue weighted by atomic mass is 16.3. The van der Waals surface area contributed by atoms with Crippen molar-refractivity contribution in [2.24, 2.45) is 0 Å². The van der Waals surface area contributed by atoms with Crippen molar-refractivity contribution in [2.75, 3.05) is 5.73 Å². The Morgan fingerprint density at radius 3 is 2.35 bits per heavy atom. The lowest BCUT2D eigenvalue weighted by Gasteiger charge is -2.16. The van der Waals surface area contributed by atoms with Crippen molar-refractivity contribution >= 4 is 5.69 Å². The van der Waals surface area contributed by atoms with Crippen LogP contribution in [-0.4, -0.2) is 5.11 Å². The summed E-state index contributed by atoms with van der Waals surface area (Å²) in [4.78, 5) is 0. The third-order valence-electron chi connectivity index (χ3n) is 3.02. The van der Waals surface area contributed by atoms with Crippen LogP contribution in [0.4, 0.5) is 5.69 Å². The number of hydrogen-bond donors (Lipinski definition) is 2. The van der Waals surface area contributed by atoms with Crippen molar-refractivity contribution < 1.29 is 5.11 Å². The number of aryl methyl sites for hydroxylation is 2. The summed E-state index contributed by atoms with van der Waals surface area (Å²) in [7, 11) is 0. The highest BCUT2D eigenvalue weighted by molar-refractivity contribution is 5.53. The number of hydrogen-bond acceptors (Lipinski definition) is 2. The van der Waals surface area contributed by atoms with Gasteiger partial charge in [0.05, 0.1) is 0 Å². The zero-order valence-electron chi connectivity index (χ0n) is 10.1. The molecule has 0 aliphatic heterocycles. The van der Waals surface area contributed by atoms with Crippen LogP contribution in [0, 0.1) is 13.8 Å². The summed E-state index contributed by atoms with van der Waals surface area (Å²) in [6.45, 7) is 3.98. The average Bonchev–Trinajstić information content (AvgIpc) is 2.29. The van der Waals surface area contributed by atoms with Crippen molar-refractivity contribution in [3.05, 3.63) is 64.7 Å². The third-order valence-corrected chi connectivity index (χ3v) is 3.02. The molecule has 1 unspecified atom stereocenters. The second-order valence-corrected chi connectivity index (χ2v) is 4.39. The Balaban J connectivity index is 2.44. The van der Waals surface area contributed by atoms with Crippen molar-refractivity contribution in [2.45, 2.75) is 20.0 Å². The maximum atomic E-state index is 10.4. The van der Waals surface area contributed by atoms with Crippen molar-refractivity contribution in [3.8, 4) is 0 Å². The van der Waals surface area contributed by atoms with E-state index in [0.717, 1.165) is 22.3 Å². The molecule has 0 heterocycles. The number of anilines is 1. The topological polar surface area (TPSA) is 46.2 Å². The largest absolute Gasteiger partial charge is 0.398 e. The number of benzene rings is 2. The van der Waals surface area contributed by atoms with Gasteiger partial charge in [0.1, 0.15) is 6.10 Å². The predicted molar refractivity (Wildman–Crippen MR) is 70.8 cm³/mol. The van der Waals surface area contributed by atoms with Gasteiger partial charge in [0.25, 0.3) is 0 Å². The highest BCUT2D eigenvalue weighted by Crippen LogP contribution is 2.28. The zero-order valence-corrected chi connectivity index (χ0v) is 10.1. The van der Waals surface area contributed by atoms with Gasteiger partial charge in [-0.25, -0.2) is 0 Å². The molecular formula is C15H17NO. The van der Waals surface area contributed by atoms with Gasteiger partial charge < -0.3 is 10.8 Å². The molecule has 0 saturated heterocycles. The van der Waals surface area contributed by atoms with E-state index < -0.39 is 6.10 Å². The first kappa shape index (κ1) is 11.7. The third kappa shape index (κ3) is 2.32. The molecule has 0 fully saturated rings. The van der Waals surface area contributed by atoms with Crippen LogP contribution in [-0.2, 0) is 0 Å². The molecule has 2 aromatic rings. The van der Waals surface area contributed by atoms with E-state index in [1.807, 2.05) is 56.3 Å². The van der Waals surface area contributed by atoms with E-state index in [4.69, 9.17) is 5.73 Å². The van der Waals surface area contributed by atoms with Gasteiger partial charge in [0.15, 0.2) is 0 Å². The monoisotopic (exact) mass is 227 g/mol. The predicted octanol–water partition coefficient (Wildman–Crippen LogP) is 2.97. The van der Waals surface area contributed by atoms with Gasteiger partial charge in [0.2, 0.25) is 0 Å². The zero-order chi connectivity index (χ0) is 12.4. The SMILES string of the molecule is Cc1ccc(C(O)c2ccccc2C)c(N)c1. The first-order chi connectivity index (χ1) is 8.09. The number of nitrogen functional groups attached to an aromatic ring is 1. The molecule has 2 aromatic carbocycles. The van der Waals surface area contributed by atoms with E-state index in [1.165, 1.54) is 0 Å². The van der Waals surface area contributed by atoms with Crippen LogP contribution in [0.1, 0.15) is 28.4 Å². The van der Waals surface area contributed by atoms with Crippen LogP contribution in [0.5, 0.6) is 0 Å². The second-order valence-electron chi connectivity index (χ2n) is 4.39. The standard InChI is InChI=1S/C15H17NO/c1-10-7-8-13(14(16)9-10)15(17)12-6-4-3-5-11(12)2/h3-9,15,17H,16H2,1-2H3. The summed E-state index contributed by atoms with van der Waals surface area (Å²) >= 11 is 0. The lowest BCUT2D eigenvalue weighted by Crippen LogP contribution is -2.05. The van der Waals surface area contributed by atoms with E-state index in [1.54, 1.807) is 0 Å². The molecule has 2 heteroatoms. The summed E-state index contributed by atoms with van der Waals surface area (Å²) in [6, 6.07) is 13.5. The number of aliphatic hydroxyl groups is 1. The van der Waals surface area contributed by atoms with Gasteiger partial charge in [-0.2, -0.15) is 0 Å². The normalized spacial score (nSPS) is 12.4. The fraction of sp³-hybridized carbons (Fsp3) is 0.200. The van der Waals surface area contributed by atoms with Crippen LogP contribution in [0.25, 0.3) is 0 Å². The van der Waals surface area contributed by atoms with Crippen LogP contribution in [0.3, 0.4) is 0 Å². The van der Waals surface area contributed by atoms with E-state index in [9.17, 15) is 5.11 Å². The molecule has 3 N–H and O–H groups in total. The summed E-state index contributed by atoms with van der Waals surface area (Å²) in [5.74, 6) is 0. The molecule has 2 nitrogen and oxygen atoms in total. The van der Waals surface area contributed by atoms with Gasteiger partial charge in [-0.15, -0.1) is 0 Å². The molecule has 0 spiro atoms. The van der Waals surface area contributed by atoms with E-state index in [-0.39, 0.29) is 0 Å². The van der Waals surface area contributed by atoms with E-state index >= 15 is 0 Å². The molecule has 0 aromatic heterocycles. The fourth-order valence-electron chi connectivity index (χ4n) is 2.00. The average molecular weight is 227 g/mol. The number of rotatable bonds is 2. The molecule has 0 bridgehead atoms. The molecule has 1 atom stereocenters. The molecule has 88 valence electrons. The minimum Gasteiger partial charge on any atom is -0.398 e. The first-order valence-electron chi connectivity index (χ1n) is 5.69. The molecule has 0 aliphatic rings. The van der Waals surface area contributed by atoms with Gasteiger partial charge in [-0.1, -0.05) is 36.4 Å². The summed E-state index contributed by atoms with van der Waals surface area (Å²) < 4.78 is 0. The Morgan fingerprint density at radius 2 is 1.71 bits per heavy atom. The van der Waals surface area contributed by atoms with Crippen LogP contribution in [0.2, 0.25) is 0 Å². The Bertz CT molecular complexity index is 534. The number of nitrogens with two attached hydrogens (primary N) is 1. The van der Waals surface area contributed by atoms with Crippen LogP contribution < -0.4 is 5.73 Å². The van der Waals surface area contributed by atoms with Crippen LogP contribution in [0.15, 0.2) is 42.5 Å². The van der Waals surface area contributed by atoms with Gasteiger partial charge in [-0.3, -0.25) is 0 Å². The Kier molecular flexibility index (Phi) is 3.16. The lowest BCUT2D eigenvalue weighted by atomic mass is 9.96. The van der Waals surface area contributed by atoms with Gasteiger partial charge >= 0.3 is 0 Å².